The molecule has 1 aromatic carbocycles. The average Bonchev–Trinajstić information content (AvgIpc) is 3.09. The van der Waals surface area contributed by atoms with Crippen LogP contribution in [0.15, 0.2) is 42.7 Å². The van der Waals surface area contributed by atoms with E-state index in [9.17, 15) is 9.59 Å². The van der Waals surface area contributed by atoms with Crippen molar-refractivity contribution in [2.24, 2.45) is 0 Å². The van der Waals surface area contributed by atoms with Crippen LogP contribution in [0.4, 0.5) is 0 Å². The smallest absolute Gasteiger partial charge is 0.310 e. The van der Waals surface area contributed by atoms with Crippen LogP contribution in [0.1, 0.15) is 37.7 Å². The van der Waals surface area contributed by atoms with E-state index in [-0.39, 0.29) is 18.9 Å². The second-order valence-corrected chi connectivity index (χ2v) is 6.61. The number of carbonyl (C=O) groups is 2. The fourth-order valence-corrected chi connectivity index (χ4v) is 3.12. The number of likely N-dealkylation sites (tertiary alicyclic amines) is 1. The zero-order valence-electron chi connectivity index (χ0n) is 15.0. The lowest BCUT2D eigenvalue weighted by Crippen LogP contribution is -2.37. The molecule has 1 aliphatic heterocycles. The van der Waals surface area contributed by atoms with Crippen molar-refractivity contribution >= 4 is 11.9 Å². The van der Waals surface area contributed by atoms with Gasteiger partial charge < -0.3 is 9.64 Å². The van der Waals surface area contributed by atoms with Gasteiger partial charge in [-0.25, -0.2) is 4.68 Å². The number of aromatic nitrogens is 2. The fraction of sp³-hybridized carbons (Fsp3) is 0.450. The Balaban J connectivity index is 1.46. The van der Waals surface area contributed by atoms with Gasteiger partial charge in [0.15, 0.2) is 6.61 Å². The maximum atomic E-state index is 12.2. The summed E-state index contributed by atoms with van der Waals surface area (Å²) in [4.78, 5) is 26.1. The molecule has 1 aliphatic rings. The summed E-state index contributed by atoms with van der Waals surface area (Å²) in [5.41, 5.74) is 1.69. The highest BCUT2D eigenvalue weighted by atomic mass is 16.5. The Morgan fingerprint density at radius 3 is 2.42 bits per heavy atom. The molecular formula is C20H25N3O3. The molecule has 6 heteroatoms. The Hall–Kier alpha value is -2.63. The average molecular weight is 355 g/mol. The van der Waals surface area contributed by atoms with Gasteiger partial charge in [0, 0.05) is 24.8 Å². The summed E-state index contributed by atoms with van der Waals surface area (Å²) in [5.74, 6) is -0.502. The van der Waals surface area contributed by atoms with Crippen LogP contribution in [-0.2, 0) is 20.7 Å². The molecule has 0 atom stereocenters. The van der Waals surface area contributed by atoms with Gasteiger partial charge in [0.2, 0.25) is 0 Å². The zero-order chi connectivity index (χ0) is 18.2. The van der Waals surface area contributed by atoms with Gasteiger partial charge in [0.05, 0.1) is 18.3 Å². The monoisotopic (exact) mass is 355 g/mol. The van der Waals surface area contributed by atoms with Crippen molar-refractivity contribution in [1.82, 2.24) is 14.7 Å². The summed E-state index contributed by atoms with van der Waals surface area (Å²) in [7, 11) is 0. The summed E-state index contributed by atoms with van der Waals surface area (Å²) in [5, 5.41) is 4.26. The summed E-state index contributed by atoms with van der Waals surface area (Å²) >= 11 is 0. The number of carbonyl (C=O) groups excluding carboxylic acids is 2. The standard InChI is InChI=1S/C20H25N3O3/c24-19(22-11-7-2-1-3-8-12-22)16-26-20(25)13-17-14-21-23(15-17)18-9-5-4-6-10-18/h4-6,9-10,14-15H,1-3,7-8,11-13,16H2. The van der Waals surface area contributed by atoms with Gasteiger partial charge in [-0.1, -0.05) is 37.5 Å². The number of amides is 1. The molecule has 1 fully saturated rings. The molecule has 0 unspecified atom stereocenters. The van der Waals surface area contributed by atoms with Gasteiger partial charge in [-0.15, -0.1) is 0 Å². The van der Waals surface area contributed by atoms with Crippen LogP contribution in [0.5, 0.6) is 0 Å². The highest BCUT2D eigenvalue weighted by molar-refractivity contribution is 5.81. The number of para-hydroxylation sites is 1. The van der Waals surface area contributed by atoms with Gasteiger partial charge in [-0.05, 0) is 25.0 Å². The van der Waals surface area contributed by atoms with Crippen molar-refractivity contribution in [3.8, 4) is 5.69 Å². The molecule has 1 saturated heterocycles. The first-order chi connectivity index (χ1) is 12.7. The minimum Gasteiger partial charge on any atom is -0.455 e. The molecular weight excluding hydrogens is 330 g/mol. The molecule has 3 rings (SSSR count). The molecule has 0 N–H and O–H groups in total. The van der Waals surface area contributed by atoms with Gasteiger partial charge >= 0.3 is 5.97 Å². The topological polar surface area (TPSA) is 64.4 Å². The maximum Gasteiger partial charge on any atom is 0.310 e. The minimum absolute atomic E-state index is 0.0970. The van der Waals surface area contributed by atoms with Crippen LogP contribution in [0.2, 0.25) is 0 Å². The second kappa shape index (κ2) is 9.17. The lowest BCUT2D eigenvalue weighted by molar-refractivity contribution is -0.151. The highest BCUT2D eigenvalue weighted by Gasteiger charge is 2.17. The van der Waals surface area contributed by atoms with Crippen molar-refractivity contribution in [1.29, 1.82) is 0 Å². The minimum atomic E-state index is -0.405. The number of hydrogen-bond donors (Lipinski definition) is 0. The third-order valence-electron chi connectivity index (χ3n) is 4.57. The summed E-state index contributed by atoms with van der Waals surface area (Å²) in [6.45, 7) is 1.35. The van der Waals surface area contributed by atoms with E-state index in [1.54, 1.807) is 17.1 Å². The Kier molecular flexibility index (Phi) is 6.41. The molecule has 0 radical (unpaired) electrons. The van der Waals surface area contributed by atoms with E-state index < -0.39 is 5.97 Å². The largest absolute Gasteiger partial charge is 0.455 e. The van der Waals surface area contributed by atoms with Gasteiger partial charge in [-0.2, -0.15) is 5.10 Å². The van der Waals surface area contributed by atoms with Crippen LogP contribution >= 0.6 is 0 Å². The van der Waals surface area contributed by atoms with Crippen LogP contribution in [0.25, 0.3) is 5.69 Å². The fourth-order valence-electron chi connectivity index (χ4n) is 3.12. The summed E-state index contributed by atoms with van der Waals surface area (Å²) < 4.78 is 6.90. The molecule has 1 aromatic heterocycles. The molecule has 0 aliphatic carbocycles. The van der Waals surface area contributed by atoms with E-state index in [4.69, 9.17) is 4.74 Å². The van der Waals surface area contributed by atoms with Crippen LogP contribution in [0, 0.1) is 0 Å². The van der Waals surface area contributed by atoms with E-state index in [0.717, 1.165) is 50.0 Å². The first-order valence-corrected chi connectivity index (χ1v) is 9.25. The number of ether oxygens (including phenoxy) is 1. The third kappa shape index (κ3) is 5.18. The molecule has 0 bridgehead atoms. The van der Waals surface area contributed by atoms with E-state index in [1.807, 2.05) is 35.2 Å². The van der Waals surface area contributed by atoms with Gasteiger partial charge in [0.25, 0.3) is 5.91 Å². The van der Waals surface area contributed by atoms with Crippen molar-refractivity contribution in [2.45, 2.75) is 38.5 Å². The first-order valence-electron chi connectivity index (χ1n) is 9.25. The van der Waals surface area contributed by atoms with Crippen molar-refractivity contribution in [3.63, 3.8) is 0 Å². The molecule has 2 aromatic rings. The molecule has 0 saturated carbocycles. The van der Waals surface area contributed by atoms with E-state index in [0.29, 0.717) is 0 Å². The number of rotatable bonds is 5. The first kappa shape index (κ1) is 18.2. The number of hydrogen-bond acceptors (Lipinski definition) is 4. The van der Waals surface area contributed by atoms with E-state index >= 15 is 0 Å². The van der Waals surface area contributed by atoms with Crippen LogP contribution in [0.3, 0.4) is 0 Å². The number of benzene rings is 1. The second-order valence-electron chi connectivity index (χ2n) is 6.61. The third-order valence-corrected chi connectivity index (χ3v) is 4.57. The molecule has 26 heavy (non-hydrogen) atoms. The number of esters is 1. The SMILES string of the molecule is O=C(Cc1cnn(-c2ccccc2)c1)OCC(=O)N1CCCCCCC1. The summed E-state index contributed by atoms with van der Waals surface area (Å²) in [6, 6.07) is 9.69. The van der Waals surface area contributed by atoms with Crippen molar-refractivity contribution in [3.05, 3.63) is 48.3 Å². The maximum absolute atomic E-state index is 12.2. The van der Waals surface area contributed by atoms with E-state index in [2.05, 4.69) is 5.10 Å². The van der Waals surface area contributed by atoms with Crippen molar-refractivity contribution in [2.75, 3.05) is 19.7 Å². The molecule has 0 spiro atoms. The van der Waals surface area contributed by atoms with Gasteiger partial charge in [-0.3, -0.25) is 9.59 Å². The Morgan fingerprint density at radius 1 is 1.00 bits per heavy atom. The Labute approximate surface area is 153 Å². The zero-order valence-corrected chi connectivity index (χ0v) is 15.0. The highest BCUT2D eigenvalue weighted by Crippen LogP contribution is 2.11. The predicted molar refractivity (Wildman–Crippen MR) is 97.9 cm³/mol. The quantitative estimate of drug-likeness (QED) is 0.774. The lowest BCUT2D eigenvalue weighted by atomic mass is 10.1. The number of nitrogens with zero attached hydrogens (tertiary/aromatic N) is 3. The summed E-state index contributed by atoms with van der Waals surface area (Å²) in [6.07, 6.45) is 9.18. The van der Waals surface area contributed by atoms with Crippen LogP contribution < -0.4 is 0 Å². The molecule has 1 amide bonds. The van der Waals surface area contributed by atoms with Crippen LogP contribution in [-0.4, -0.2) is 46.3 Å². The lowest BCUT2D eigenvalue weighted by Gasteiger charge is -2.24. The van der Waals surface area contributed by atoms with E-state index in [1.165, 1.54) is 6.42 Å². The normalized spacial score (nSPS) is 15.2. The predicted octanol–water partition coefficient (Wildman–Crippen LogP) is 2.75. The van der Waals surface area contributed by atoms with Crippen molar-refractivity contribution < 1.29 is 14.3 Å². The molecule has 2 heterocycles. The Bertz CT molecular complexity index is 719. The Morgan fingerprint density at radius 2 is 1.69 bits per heavy atom. The molecule has 6 nitrogen and oxygen atoms in total. The molecule has 138 valence electrons. The van der Waals surface area contributed by atoms with Gasteiger partial charge in [0.1, 0.15) is 0 Å².